The molecule has 0 saturated carbocycles. The van der Waals surface area contributed by atoms with E-state index in [0.717, 1.165) is 6.54 Å². The lowest BCUT2D eigenvalue weighted by molar-refractivity contribution is 0.601. The van der Waals surface area contributed by atoms with Crippen molar-refractivity contribution in [2.45, 2.75) is 34.6 Å². The highest BCUT2D eigenvalue weighted by molar-refractivity contribution is 8.14. The molecule has 1 nitrogen and oxygen atoms in total. The fourth-order valence-electron chi connectivity index (χ4n) is 0.789. The molecule has 0 aromatic carbocycles. The molecule has 66 valence electrons. The van der Waals surface area contributed by atoms with Gasteiger partial charge in [-0.3, -0.25) is 4.99 Å². The molecule has 1 rings (SSSR count). The zero-order chi connectivity index (χ0) is 8.91. The van der Waals surface area contributed by atoms with Gasteiger partial charge in [-0.25, -0.2) is 0 Å². The number of nitrogens with zero attached hydrogens (tertiary/aromatic N) is 1. The molecule has 0 radical (unpaired) electrons. The van der Waals surface area contributed by atoms with E-state index in [1.54, 1.807) is 0 Å². The summed E-state index contributed by atoms with van der Waals surface area (Å²) in [6, 6.07) is 0. The number of aliphatic imine (C=N–C) groups is 1. The van der Waals surface area contributed by atoms with Gasteiger partial charge in [-0.05, 0) is 0 Å². The minimum Gasteiger partial charge on any atom is -0.281 e. The first-order valence-electron chi connectivity index (χ1n) is 4.28. The van der Waals surface area contributed by atoms with Crippen molar-refractivity contribution in [2.24, 2.45) is 10.4 Å². The normalized spacial score (nSPS) is 17.0. The van der Waals surface area contributed by atoms with Crippen LogP contribution in [0.3, 0.4) is 0 Å². The number of hydrogen-bond donors (Lipinski definition) is 0. The van der Waals surface area contributed by atoms with Gasteiger partial charge in [0.1, 0.15) is 0 Å². The van der Waals surface area contributed by atoms with Crippen LogP contribution in [0.4, 0.5) is 0 Å². The van der Waals surface area contributed by atoms with Gasteiger partial charge in [-0.15, -0.1) is 11.8 Å². The van der Waals surface area contributed by atoms with Gasteiger partial charge in [0, 0.05) is 17.7 Å². The van der Waals surface area contributed by atoms with Crippen molar-refractivity contribution in [3.05, 3.63) is 0 Å². The fourth-order valence-corrected chi connectivity index (χ4v) is 1.78. The van der Waals surface area contributed by atoms with Gasteiger partial charge in [0.05, 0.1) is 5.04 Å². The molecule has 0 unspecified atom stereocenters. The minimum atomic E-state index is 0.293. The quantitative estimate of drug-likeness (QED) is 0.548. The third-order valence-corrected chi connectivity index (χ3v) is 2.63. The molecule has 0 aromatic heterocycles. The van der Waals surface area contributed by atoms with Crippen LogP contribution in [0.5, 0.6) is 0 Å². The molecule has 0 saturated heterocycles. The summed E-state index contributed by atoms with van der Waals surface area (Å²) in [7, 11) is 0. The average molecular weight is 173 g/mol. The third kappa shape index (κ3) is 3.80. The Bertz CT molecular complexity index is 133. The summed E-state index contributed by atoms with van der Waals surface area (Å²) in [6.07, 6.45) is 0. The van der Waals surface area contributed by atoms with Crippen molar-refractivity contribution in [3.8, 4) is 0 Å². The van der Waals surface area contributed by atoms with Gasteiger partial charge in [0.15, 0.2) is 0 Å². The zero-order valence-electron chi connectivity index (χ0n) is 8.27. The average Bonchev–Trinajstić information content (AvgIpc) is 2.40. The number of hydrogen-bond acceptors (Lipinski definition) is 2. The van der Waals surface area contributed by atoms with Gasteiger partial charge < -0.3 is 0 Å². The van der Waals surface area contributed by atoms with Crippen molar-refractivity contribution in [2.75, 3.05) is 12.3 Å². The van der Waals surface area contributed by atoms with Crippen molar-refractivity contribution >= 4 is 16.8 Å². The molecule has 0 aliphatic carbocycles. The maximum Gasteiger partial charge on any atom is 0.0730 e. The van der Waals surface area contributed by atoms with Gasteiger partial charge in [-0.1, -0.05) is 34.6 Å². The Balaban J connectivity index is 0.000000461. The molecule has 0 fully saturated rings. The standard InChI is InChI=1S/C7H13NS.C2H6/c1-7(2,3)6-8-4-5-9-6;1-2/h4-5H2,1-3H3;1-2H3. The van der Waals surface area contributed by atoms with E-state index < -0.39 is 0 Å². The van der Waals surface area contributed by atoms with Crippen molar-refractivity contribution in [1.82, 2.24) is 0 Å². The van der Waals surface area contributed by atoms with Gasteiger partial charge in [0.2, 0.25) is 0 Å². The van der Waals surface area contributed by atoms with Gasteiger partial charge >= 0.3 is 0 Å². The van der Waals surface area contributed by atoms with E-state index in [9.17, 15) is 0 Å². The van der Waals surface area contributed by atoms with Crippen molar-refractivity contribution < 1.29 is 0 Å². The maximum absolute atomic E-state index is 4.39. The summed E-state index contributed by atoms with van der Waals surface area (Å²) in [5, 5.41) is 1.32. The SMILES string of the molecule is CC.CC(C)(C)C1=NCCS1. The first-order chi connectivity index (χ1) is 5.11. The highest BCUT2D eigenvalue weighted by atomic mass is 32.2. The second-order valence-corrected chi connectivity index (χ2v) is 4.37. The summed E-state index contributed by atoms with van der Waals surface area (Å²) in [5.74, 6) is 1.19. The Hall–Kier alpha value is 0.0200. The van der Waals surface area contributed by atoms with Gasteiger partial charge in [0.25, 0.3) is 0 Å². The van der Waals surface area contributed by atoms with Crippen LogP contribution in [0.15, 0.2) is 4.99 Å². The van der Waals surface area contributed by atoms with Crippen molar-refractivity contribution in [1.29, 1.82) is 0 Å². The summed E-state index contributed by atoms with van der Waals surface area (Å²) in [4.78, 5) is 4.39. The molecule has 0 bridgehead atoms. The molecular formula is C9H19NS. The van der Waals surface area contributed by atoms with Crippen LogP contribution in [0, 0.1) is 5.41 Å². The van der Waals surface area contributed by atoms with E-state index >= 15 is 0 Å². The predicted octanol–water partition coefficient (Wildman–Crippen LogP) is 3.20. The largest absolute Gasteiger partial charge is 0.281 e. The molecule has 0 spiro atoms. The zero-order valence-corrected chi connectivity index (χ0v) is 9.09. The predicted molar refractivity (Wildman–Crippen MR) is 55.6 cm³/mol. The molecule has 0 N–H and O–H groups in total. The Kier molecular flexibility index (Phi) is 4.82. The smallest absolute Gasteiger partial charge is 0.0730 e. The second kappa shape index (κ2) is 4.81. The van der Waals surface area contributed by atoms with E-state index in [4.69, 9.17) is 0 Å². The lowest BCUT2D eigenvalue weighted by Gasteiger charge is -2.16. The first kappa shape index (κ1) is 11.0. The summed E-state index contributed by atoms with van der Waals surface area (Å²) >= 11 is 1.90. The van der Waals surface area contributed by atoms with E-state index in [1.165, 1.54) is 10.8 Å². The van der Waals surface area contributed by atoms with Crippen LogP contribution in [0.2, 0.25) is 0 Å². The molecule has 1 aliphatic rings. The number of thioether (sulfide) groups is 1. The van der Waals surface area contributed by atoms with Gasteiger partial charge in [-0.2, -0.15) is 0 Å². The molecular weight excluding hydrogens is 154 g/mol. The highest BCUT2D eigenvalue weighted by Gasteiger charge is 2.21. The maximum atomic E-state index is 4.39. The molecule has 0 aromatic rings. The van der Waals surface area contributed by atoms with E-state index in [1.807, 2.05) is 25.6 Å². The minimum absolute atomic E-state index is 0.293. The molecule has 0 atom stereocenters. The Morgan fingerprint density at radius 2 is 1.82 bits per heavy atom. The van der Waals surface area contributed by atoms with E-state index in [2.05, 4.69) is 25.8 Å². The molecule has 0 amide bonds. The lowest BCUT2D eigenvalue weighted by Crippen LogP contribution is -2.14. The van der Waals surface area contributed by atoms with Crippen LogP contribution in [0.1, 0.15) is 34.6 Å². The van der Waals surface area contributed by atoms with Crippen LogP contribution < -0.4 is 0 Å². The van der Waals surface area contributed by atoms with Crippen LogP contribution in [-0.4, -0.2) is 17.3 Å². The highest BCUT2D eigenvalue weighted by Crippen LogP contribution is 2.27. The lowest BCUT2D eigenvalue weighted by atomic mass is 9.99. The summed E-state index contributed by atoms with van der Waals surface area (Å²) in [5.41, 5.74) is 0.293. The Morgan fingerprint density at radius 1 is 1.27 bits per heavy atom. The summed E-state index contributed by atoms with van der Waals surface area (Å²) in [6.45, 7) is 11.7. The van der Waals surface area contributed by atoms with E-state index in [0.29, 0.717) is 5.41 Å². The second-order valence-electron chi connectivity index (χ2n) is 3.29. The van der Waals surface area contributed by atoms with E-state index in [-0.39, 0.29) is 0 Å². The monoisotopic (exact) mass is 173 g/mol. The van der Waals surface area contributed by atoms with Crippen LogP contribution in [0.25, 0.3) is 0 Å². The van der Waals surface area contributed by atoms with Crippen LogP contribution in [-0.2, 0) is 0 Å². The molecule has 1 aliphatic heterocycles. The molecule has 11 heavy (non-hydrogen) atoms. The van der Waals surface area contributed by atoms with Crippen LogP contribution >= 0.6 is 11.8 Å². The number of rotatable bonds is 0. The molecule has 1 heterocycles. The molecule has 2 heteroatoms. The van der Waals surface area contributed by atoms with Crippen molar-refractivity contribution in [3.63, 3.8) is 0 Å². The topological polar surface area (TPSA) is 12.4 Å². The Labute approximate surface area is 74.7 Å². The Morgan fingerprint density at radius 3 is 2.00 bits per heavy atom. The summed E-state index contributed by atoms with van der Waals surface area (Å²) < 4.78 is 0. The third-order valence-electron chi connectivity index (χ3n) is 1.23. The first-order valence-corrected chi connectivity index (χ1v) is 5.27. The fraction of sp³-hybridized carbons (Fsp3) is 0.889.